The summed E-state index contributed by atoms with van der Waals surface area (Å²) in [5, 5.41) is 0. The Morgan fingerprint density at radius 1 is 0.354 bits per heavy atom. The Morgan fingerprint density at radius 2 is 0.662 bits per heavy atom. The number of rotatable bonds is 18. The smallest absolute Gasteiger partial charge is 0.131 e. The second-order valence-electron chi connectivity index (χ2n) is 22.2. The maximum atomic E-state index is 15.2. The van der Waals surface area contributed by atoms with Gasteiger partial charge < -0.3 is 0 Å². The Hall–Kier alpha value is -3.19. The zero-order chi connectivity index (χ0) is 45.2. The minimum absolute atomic E-state index is 0.0482. The van der Waals surface area contributed by atoms with Crippen LogP contribution in [0, 0.1) is 29.5 Å². The van der Waals surface area contributed by atoms with Gasteiger partial charge in [0.1, 0.15) is 5.82 Å². The van der Waals surface area contributed by atoms with Crippen molar-refractivity contribution >= 4 is 0 Å². The van der Waals surface area contributed by atoms with E-state index >= 15 is 4.39 Å². The third kappa shape index (κ3) is 14.9. The molecule has 8 rings (SSSR count). The molecule has 65 heavy (non-hydrogen) atoms. The van der Waals surface area contributed by atoms with E-state index in [-0.39, 0.29) is 5.82 Å². The minimum atomic E-state index is -0.0482. The van der Waals surface area contributed by atoms with E-state index in [4.69, 9.17) is 0 Å². The molecule has 4 aliphatic rings. The fourth-order valence-corrected chi connectivity index (χ4v) is 12.8. The highest BCUT2D eigenvalue weighted by atomic mass is 19.1. The summed E-state index contributed by atoms with van der Waals surface area (Å²) in [7, 11) is 0. The van der Waals surface area contributed by atoms with Crippen molar-refractivity contribution in [3.8, 4) is 22.3 Å². The first-order chi connectivity index (χ1) is 31.9. The minimum Gasteiger partial charge on any atom is -0.206 e. The Balaban J connectivity index is 0.000000196. The predicted octanol–water partition coefficient (Wildman–Crippen LogP) is 20.7. The molecule has 0 saturated heterocycles. The molecule has 0 heterocycles. The van der Waals surface area contributed by atoms with E-state index in [1.54, 1.807) is 11.1 Å². The van der Waals surface area contributed by atoms with Crippen molar-refractivity contribution in [1.29, 1.82) is 0 Å². The van der Waals surface area contributed by atoms with Gasteiger partial charge in [-0.15, -0.1) is 0 Å². The van der Waals surface area contributed by atoms with Gasteiger partial charge in [-0.1, -0.05) is 203 Å². The predicted molar refractivity (Wildman–Crippen MR) is 281 cm³/mol. The van der Waals surface area contributed by atoms with Gasteiger partial charge in [-0.25, -0.2) is 4.39 Å². The van der Waals surface area contributed by atoms with Gasteiger partial charge in [0.15, 0.2) is 0 Å². The highest BCUT2D eigenvalue weighted by Crippen LogP contribution is 2.42. The lowest BCUT2D eigenvalue weighted by molar-refractivity contribution is 0.302. The van der Waals surface area contributed by atoms with Crippen molar-refractivity contribution in [3.05, 3.63) is 119 Å². The van der Waals surface area contributed by atoms with Gasteiger partial charge in [0.2, 0.25) is 0 Å². The van der Waals surface area contributed by atoms with Gasteiger partial charge in [-0.05, 0) is 182 Å². The van der Waals surface area contributed by atoms with Crippen LogP contribution in [0.15, 0.2) is 91.0 Å². The first-order valence-electron chi connectivity index (χ1n) is 28.0. The summed E-state index contributed by atoms with van der Waals surface area (Å²) in [4.78, 5) is 0. The standard InChI is InChI=1S/C34H49F.C30H42/c1-3-5-7-9-26-11-15-28(16-12-26)29-19-21-31(22-20-29)33-24-23-32(25-34(33)35)30-17-13-27(14-18-30)10-8-6-4-2;1-3-4-5-6-24-9-13-26(14-10-24)28-17-21-30(22-18-28)29-19-15-27(16-20-29)25-11-7-23(2)8-12-25/h19-28,30H,3-18H2,1-2H3;15-26H,3-14H2,1-2H3. The van der Waals surface area contributed by atoms with E-state index in [9.17, 15) is 0 Å². The SMILES string of the molecule is CCCCCC1CCC(c2ccc(-c3ccc(C4CCC(C)CC4)cc3)cc2)CC1.CCCCCC1CCC(c2ccc(-c3ccc(C4CCC(CCCCC)CC4)cc3F)cc2)CC1. The topological polar surface area (TPSA) is 0 Å². The van der Waals surface area contributed by atoms with E-state index in [1.165, 1.54) is 202 Å². The fraction of sp³-hybridized carbons (Fsp3) is 0.625. The summed E-state index contributed by atoms with van der Waals surface area (Å²) in [6.07, 6.45) is 38.4. The first kappa shape index (κ1) is 49.7. The molecule has 4 aromatic rings. The largest absolute Gasteiger partial charge is 0.206 e. The Bertz CT molecular complexity index is 1890. The van der Waals surface area contributed by atoms with E-state index in [0.29, 0.717) is 11.8 Å². The zero-order valence-electron chi connectivity index (χ0n) is 42.0. The molecule has 0 radical (unpaired) electrons. The van der Waals surface area contributed by atoms with Gasteiger partial charge in [0.25, 0.3) is 0 Å². The van der Waals surface area contributed by atoms with Crippen molar-refractivity contribution < 1.29 is 4.39 Å². The normalized spacial score (nSPS) is 26.0. The zero-order valence-corrected chi connectivity index (χ0v) is 42.0. The van der Waals surface area contributed by atoms with Crippen LogP contribution in [0.2, 0.25) is 0 Å². The molecule has 0 nitrogen and oxygen atoms in total. The molecule has 0 spiro atoms. The van der Waals surface area contributed by atoms with Crippen molar-refractivity contribution in [2.45, 2.75) is 231 Å². The average Bonchev–Trinajstić information content (AvgIpc) is 3.35. The highest BCUT2D eigenvalue weighted by molar-refractivity contribution is 5.65. The second-order valence-corrected chi connectivity index (χ2v) is 22.2. The third-order valence-corrected chi connectivity index (χ3v) is 17.5. The molecular weight excluding hydrogens is 788 g/mol. The van der Waals surface area contributed by atoms with Gasteiger partial charge in [-0.2, -0.15) is 0 Å². The van der Waals surface area contributed by atoms with Crippen molar-refractivity contribution in [2.24, 2.45) is 23.7 Å². The van der Waals surface area contributed by atoms with Crippen LogP contribution in [0.3, 0.4) is 0 Å². The molecule has 1 heteroatoms. The van der Waals surface area contributed by atoms with Crippen molar-refractivity contribution in [3.63, 3.8) is 0 Å². The van der Waals surface area contributed by atoms with E-state index < -0.39 is 0 Å². The highest BCUT2D eigenvalue weighted by Gasteiger charge is 2.26. The maximum absolute atomic E-state index is 15.2. The van der Waals surface area contributed by atoms with Gasteiger partial charge in [-0.3, -0.25) is 0 Å². The van der Waals surface area contributed by atoms with E-state index in [1.807, 2.05) is 12.1 Å². The summed E-state index contributed by atoms with van der Waals surface area (Å²) >= 11 is 0. The van der Waals surface area contributed by atoms with Gasteiger partial charge >= 0.3 is 0 Å². The lowest BCUT2D eigenvalue weighted by Crippen LogP contribution is -2.13. The molecule has 0 atom stereocenters. The lowest BCUT2D eigenvalue weighted by atomic mass is 9.76. The molecule has 0 bridgehead atoms. The quantitative estimate of drug-likeness (QED) is 0.0874. The summed E-state index contributed by atoms with van der Waals surface area (Å²) in [6.45, 7) is 9.29. The van der Waals surface area contributed by atoms with Crippen LogP contribution in [0.1, 0.15) is 253 Å². The summed E-state index contributed by atoms with van der Waals surface area (Å²) < 4.78 is 15.2. The van der Waals surface area contributed by atoms with Crippen LogP contribution < -0.4 is 0 Å². The molecule has 0 aliphatic heterocycles. The van der Waals surface area contributed by atoms with Gasteiger partial charge in [0, 0.05) is 5.56 Å². The Labute approximate surface area is 398 Å². The lowest BCUT2D eigenvalue weighted by Gasteiger charge is -2.29. The molecule has 0 N–H and O–H groups in total. The molecule has 0 aromatic heterocycles. The van der Waals surface area contributed by atoms with Crippen LogP contribution in [0.25, 0.3) is 22.3 Å². The third-order valence-electron chi connectivity index (χ3n) is 17.5. The molecule has 0 unspecified atom stereocenters. The fourth-order valence-electron chi connectivity index (χ4n) is 12.8. The van der Waals surface area contributed by atoms with Crippen LogP contribution in [0.4, 0.5) is 4.39 Å². The van der Waals surface area contributed by atoms with Gasteiger partial charge in [0.05, 0.1) is 0 Å². The van der Waals surface area contributed by atoms with Crippen molar-refractivity contribution in [2.75, 3.05) is 0 Å². The van der Waals surface area contributed by atoms with Crippen molar-refractivity contribution in [1.82, 2.24) is 0 Å². The Kier molecular flexibility index (Phi) is 20.2. The summed E-state index contributed by atoms with van der Waals surface area (Å²) in [5.74, 6) is 6.53. The van der Waals surface area contributed by atoms with Crippen LogP contribution in [-0.2, 0) is 0 Å². The Morgan fingerprint density at radius 3 is 1.00 bits per heavy atom. The summed E-state index contributed by atoms with van der Waals surface area (Å²) in [6, 6.07) is 34.0. The number of unbranched alkanes of at least 4 members (excludes halogenated alkanes) is 6. The molecule has 0 amide bonds. The number of benzene rings is 4. The second kappa shape index (κ2) is 26.4. The molecule has 4 fully saturated rings. The first-order valence-corrected chi connectivity index (χ1v) is 28.0. The van der Waals surface area contributed by atoms with E-state index in [2.05, 4.69) is 107 Å². The number of hydrogen-bond acceptors (Lipinski definition) is 0. The average molecular weight is 879 g/mol. The molecule has 4 aromatic carbocycles. The summed E-state index contributed by atoms with van der Waals surface area (Å²) in [5.41, 5.74) is 10.3. The molecule has 354 valence electrons. The van der Waals surface area contributed by atoms with Crippen LogP contribution in [-0.4, -0.2) is 0 Å². The number of halogens is 1. The monoisotopic (exact) mass is 879 g/mol. The molecule has 4 aliphatic carbocycles. The van der Waals surface area contributed by atoms with Crippen LogP contribution in [0.5, 0.6) is 0 Å². The number of hydrogen-bond donors (Lipinski definition) is 0. The van der Waals surface area contributed by atoms with E-state index in [0.717, 1.165) is 46.6 Å². The molecular formula is C64H91F. The van der Waals surface area contributed by atoms with Crippen LogP contribution >= 0.6 is 0 Å². The maximum Gasteiger partial charge on any atom is 0.131 e. The molecule has 4 saturated carbocycles.